The predicted molar refractivity (Wildman–Crippen MR) is 114 cm³/mol. The highest BCUT2D eigenvalue weighted by atomic mass is 16.5. The Hall–Kier alpha value is -2.93. The maximum Gasteiger partial charge on any atom is 0.195 e. The van der Waals surface area contributed by atoms with Crippen molar-refractivity contribution >= 4 is 11.6 Å². The molecule has 1 aliphatic rings. The lowest BCUT2D eigenvalue weighted by atomic mass is 10.1. The van der Waals surface area contributed by atoms with Gasteiger partial charge in [-0.05, 0) is 49.1 Å². The Kier molecular flexibility index (Phi) is 7.58. The zero-order valence-corrected chi connectivity index (χ0v) is 17.0. The molecule has 3 N–H and O–H groups in total. The van der Waals surface area contributed by atoms with Crippen molar-refractivity contribution in [1.29, 1.82) is 0 Å². The van der Waals surface area contributed by atoms with Crippen LogP contribution in [0, 0.1) is 0 Å². The average Bonchev–Trinajstić information content (AvgIpc) is 3.25. The van der Waals surface area contributed by atoms with Crippen LogP contribution in [0.5, 0.6) is 17.2 Å². The molecule has 29 heavy (non-hydrogen) atoms. The minimum atomic E-state index is -0.521. The van der Waals surface area contributed by atoms with Crippen molar-refractivity contribution in [3.8, 4) is 17.2 Å². The Morgan fingerprint density at radius 1 is 1.14 bits per heavy atom. The highest BCUT2D eigenvalue weighted by Crippen LogP contribution is 2.28. The van der Waals surface area contributed by atoms with E-state index in [9.17, 15) is 5.11 Å². The van der Waals surface area contributed by atoms with Crippen LogP contribution in [0.4, 0.5) is 5.69 Å². The van der Waals surface area contributed by atoms with Crippen LogP contribution in [0.1, 0.15) is 18.4 Å². The van der Waals surface area contributed by atoms with Crippen LogP contribution >= 0.6 is 0 Å². The van der Waals surface area contributed by atoms with E-state index in [1.807, 2.05) is 42.5 Å². The molecule has 1 heterocycles. The molecule has 0 radical (unpaired) electrons. The van der Waals surface area contributed by atoms with Crippen molar-refractivity contribution < 1.29 is 19.3 Å². The normalized spacial score (nSPS) is 14.0. The number of methoxy groups -OCH3 is 2. The smallest absolute Gasteiger partial charge is 0.195 e. The van der Waals surface area contributed by atoms with Crippen LogP contribution < -0.4 is 24.8 Å². The van der Waals surface area contributed by atoms with Crippen LogP contribution in [-0.4, -0.2) is 51.1 Å². The summed E-state index contributed by atoms with van der Waals surface area (Å²) in [5.41, 5.74) is 2.05. The summed E-state index contributed by atoms with van der Waals surface area (Å²) in [4.78, 5) is 4.31. The molecule has 1 atom stereocenters. The van der Waals surface area contributed by atoms with Crippen molar-refractivity contribution in [2.24, 2.45) is 4.99 Å². The van der Waals surface area contributed by atoms with Gasteiger partial charge in [0.15, 0.2) is 17.5 Å². The molecule has 0 aliphatic carbocycles. The Morgan fingerprint density at radius 2 is 2.00 bits per heavy atom. The second kappa shape index (κ2) is 10.6. The minimum Gasteiger partial charge on any atom is -0.493 e. The molecule has 0 spiro atoms. The molecule has 3 rings (SSSR count). The van der Waals surface area contributed by atoms with Crippen molar-refractivity contribution in [2.75, 3.05) is 39.2 Å². The summed E-state index contributed by atoms with van der Waals surface area (Å²) in [6, 6.07) is 13.5. The summed E-state index contributed by atoms with van der Waals surface area (Å²) in [6.45, 7) is 1.90. The van der Waals surface area contributed by atoms with Gasteiger partial charge in [-0.15, -0.1) is 0 Å². The van der Waals surface area contributed by atoms with Gasteiger partial charge in [-0.2, -0.15) is 0 Å². The first-order valence-corrected chi connectivity index (χ1v) is 9.85. The molecule has 7 heteroatoms. The predicted octanol–water partition coefficient (Wildman–Crippen LogP) is 2.84. The topological polar surface area (TPSA) is 84.3 Å². The number of anilines is 1. The molecule has 156 valence electrons. The van der Waals surface area contributed by atoms with E-state index in [1.54, 1.807) is 14.2 Å². The molecule has 2 aromatic rings. The average molecular weight is 399 g/mol. The first-order chi connectivity index (χ1) is 14.2. The van der Waals surface area contributed by atoms with E-state index < -0.39 is 6.10 Å². The summed E-state index contributed by atoms with van der Waals surface area (Å²) in [6.07, 6.45) is 1.85. The molecule has 0 bridgehead atoms. The van der Waals surface area contributed by atoms with E-state index in [0.717, 1.165) is 54.6 Å². The summed E-state index contributed by atoms with van der Waals surface area (Å²) in [5.74, 6) is 2.93. The van der Waals surface area contributed by atoms with Crippen LogP contribution in [0.15, 0.2) is 47.5 Å². The van der Waals surface area contributed by atoms with Gasteiger partial charge < -0.3 is 30.0 Å². The van der Waals surface area contributed by atoms with Gasteiger partial charge in [-0.3, -0.25) is 4.99 Å². The molecular weight excluding hydrogens is 370 g/mol. The fourth-order valence-corrected chi connectivity index (χ4v) is 3.14. The number of nitrogens with one attached hydrogen (secondary N) is 2. The summed E-state index contributed by atoms with van der Waals surface area (Å²) >= 11 is 0. The largest absolute Gasteiger partial charge is 0.493 e. The van der Waals surface area contributed by atoms with Crippen LogP contribution in [-0.2, 0) is 6.42 Å². The number of benzene rings is 2. The second-order valence-electron chi connectivity index (χ2n) is 6.86. The number of rotatable bonds is 10. The van der Waals surface area contributed by atoms with Gasteiger partial charge in [0.1, 0.15) is 12.4 Å². The Bertz CT molecular complexity index is 825. The van der Waals surface area contributed by atoms with E-state index in [-0.39, 0.29) is 6.61 Å². The number of guanidine groups is 1. The number of nitrogens with zero attached hydrogens (tertiary/aromatic N) is 1. The highest BCUT2D eigenvalue weighted by Gasteiger charge is 2.09. The van der Waals surface area contributed by atoms with Crippen LogP contribution in [0.3, 0.4) is 0 Å². The monoisotopic (exact) mass is 399 g/mol. The molecule has 0 fully saturated rings. The van der Waals surface area contributed by atoms with Crippen LogP contribution in [0.25, 0.3) is 0 Å². The van der Waals surface area contributed by atoms with E-state index in [2.05, 4.69) is 15.6 Å². The minimum absolute atomic E-state index is 0.259. The van der Waals surface area contributed by atoms with Crippen molar-refractivity contribution in [1.82, 2.24) is 5.32 Å². The van der Waals surface area contributed by atoms with Gasteiger partial charge in [0.25, 0.3) is 0 Å². The lowest BCUT2D eigenvalue weighted by Crippen LogP contribution is -2.26. The molecule has 0 saturated carbocycles. The maximum atomic E-state index is 10.3. The highest BCUT2D eigenvalue weighted by molar-refractivity contribution is 5.94. The lowest BCUT2D eigenvalue weighted by Gasteiger charge is -2.14. The summed E-state index contributed by atoms with van der Waals surface area (Å²) in [5, 5.41) is 16.6. The van der Waals surface area contributed by atoms with Crippen molar-refractivity contribution in [2.45, 2.75) is 25.4 Å². The fourth-order valence-electron chi connectivity index (χ4n) is 3.14. The number of aliphatic hydroxyl groups excluding tert-OH is 1. The zero-order valence-electron chi connectivity index (χ0n) is 17.0. The molecular formula is C22H29N3O4. The quantitative estimate of drug-likeness (QED) is 0.570. The third-order valence-corrected chi connectivity index (χ3v) is 4.66. The number of hydrogen-bond donors (Lipinski definition) is 3. The van der Waals surface area contributed by atoms with Crippen molar-refractivity contribution in [3.05, 3.63) is 48.0 Å². The van der Waals surface area contributed by atoms with Gasteiger partial charge in [-0.25, -0.2) is 0 Å². The third-order valence-electron chi connectivity index (χ3n) is 4.66. The van der Waals surface area contributed by atoms with E-state index in [0.29, 0.717) is 12.2 Å². The van der Waals surface area contributed by atoms with E-state index in [1.165, 1.54) is 0 Å². The van der Waals surface area contributed by atoms with Crippen LogP contribution in [0.2, 0.25) is 0 Å². The Balaban J connectivity index is 1.41. The molecule has 0 aromatic heterocycles. The van der Waals surface area contributed by atoms with Crippen molar-refractivity contribution in [3.63, 3.8) is 0 Å². The van der Waals surface area contributed by atoms with Gasteiger partial charge in [0.2, 0.25) is 0 Å². The Morgan fingerprint density at radius 3 is 2.76 bits per heavy atom. The maximum absolute atomic E-state index is 10.3. The number of aliphatic hydroxyl groups is 1. The molecule has 1 unspecified atom stereocenters. The molecule has 1 aliphatic heterocycles. The standard InChI is InChI=1S/C22H29N3O4/c1-27-20-10-9-16(13-21(20)28-2)5-3-7-18(26)15-29-19-8-4-6-17(14-19)25-22-23-11-12-24-22/h4,6,8-10,13-14,18,26H,3,5,7,11-12,15H2,1-2H3,(H2,23,24,25). The number of aryl methyl sites for hydroxylation is 1. The first-order valence-electron chi connectivity index (χ1n) is 9.85. The third kappa shape index (κ3) is 6.29. The molecule has 0 saturated heterocycles. The molecule has 2 aromatic carbocycles. The van der Waals surface area contributed by atoms with Gasteiger partial charge in [0.05, 0.1) is 26.9 Å². The summed E-state index contributed by atoms with van der Waals surface area (Å²) in [7, 11) is 3.25. The number of hydrogen-bond acceptors (Lipinski definition) is 7. The number of ether oxygens (including phenoxy) is 3. The number of aliphatic imine (C=N–C) groups is 1. The fraction of sp³-hybridized carbons (Fsp3) is 0.409. The molecule has 0 amide bonds. The van der Waals surface area contributed by atoms with Gasteiger partial charge >= 0.3 is 0 Å². The van der Waals surface area contributed by atoms with E-state index in [4.69, 9.17) is 14.2 Å². The summed E-state index contributed by atoms with van der Waals surface area (Å²) < 4.78 is 16.3. The Labute approximate surface area is 171 Å². The lowest BCUT2D eigenvalue weighted by molar-refractivity contribution is 0.0983. The SMILES string of the molecule is COc1ccc(CCCC(O)COc2cccc(NC3=NCCN3)c2)cc1OC. The first kappa shape index (κ1) is 20.8. The second-order valence-corrected chi connectivity index (χ2v) is 6.86. The van der Waals surface area contributed by atoms with Gasteiger partial charge in [0, 0.05) is 18.3 Å². The molecule has 7 nitrogen and oxygen atoms in total. The van der Waals surface area contributed by atoms with E-state index >= 15 is 0 Å². The zero-order chi connectivity index (χ0) is 20.5. The van der Waals surface area contributed by atoms with Gasteiger partial charge in [-0.1, -0.05) is 12.1 Å².